The predicted molar refractivity (Wildman–Crippen MR) is 222 cm³/mol. The van der Waals surface area contributed by atoms with E-state index in [0.29, 0.717) is 0 Å². The van der Waals surface area contributed by atoms with Crippen molar-refractivity contribution < 1.29 is 0 Å². The van der Waals surface area contributed by atoms with E-state index in [1.165, 1.54) is 55.8 Å². The Bertz CT molecular complexity index is 2720. The van der Waals surface area contributed by atoms with E-state index in [1.807, 2.05) is 0 Å². The predicted octanol–water partition coefficient (Wildman–Crippen LogP) is 13.7. The van der Waals surface area contributed by atoms with Crippen LogP contribution in [0.1, 0.15) is 49.9 Å². The maximum Gasteiger partial charge on any atom is 0.0788 e. The van der Waals surface area contributed by atoms with Crippen LogP contribution in [-0.4, -0.2) is 4.98 Å². The van der Waals surface area contributed by atoms with Crippen LogP contribution in [0.15, 0.2) is 170 Å². The van der Waals surface area contributed by atoms with Crippen molar-refractivity contribution in [2.75, 3.05) is 4.90 Å². The molecule has 1 heterocycles. The van der Waals surface area contributed by atoms with E-state index in [9.17, 15) is 0 Å². The summed E-state index contributed by atoms with van der Waals surface area (Å²) in [6.45, 7) is 9.44. The molecular formula is C51H40N2. The van der Waals surface area contributed by atoms with Crippen LogP contribution in [0, 0.1) is 0 Å². The van der Waals surface area contributed by atoms with Gasteiger partial charge in [0.05, 0.1) is 11.2 Å². The SMILES string of the molecule is CC1(C)c2ccc(N(c3ccccc3)c3ccc4c(c3)C(C)(C)c3ccccc3-4)cc2-c2ccc(-c3nc4ccccc4cc3-c3ccccc3)cc21. The summed E-state index contributed by atoms with van der Waals surface area (Å²) in [6, 6.07) is 62.1. The Labute approximate surface area is 312 Å². The van der Waals surface area contributed by atoms with Crippen molar-refractivity contribution in [3.8, 4) is 44.6 Å². The number of nitrogens with zero attached hydrogens (tertiary/aromatic N) is 2. The summed E-state index contributed by atoms with van der Waals surface area (Å²) in [5.74, 6) is 0. The first-order chi connectivity index (χ1) is 25.8. The molecule has 8 aromatic rings. The van der Waals surface area contributed by atoms with Crippen LogP contribution in [0.2, 0.25) is 0 Å². The van der Waals surface area contributed by atoms with Crippen molar-refractivity contribution in [1.29, 1.82) is 0 Å². The largest absolute Gasteiger partial charge is 0.310 e. The van der Waals surface area contributed by atoms with E-state index in [1.54, 1.807) is 0 Å². The Morgan fingerprint density at radius 3 is 1.77 bits per heavy atom. The summed E-state index contributed by atoms with van der Waals surface area (Å²) < 4.78 is 0. The highest BCUT2D eigenvalue weighted by molar-refractivity contribution is 5.94. The zero-order valence-electron chi connectivity index (χ0n) is 30.6. The lowest BCUT2D eigenvalue weighted by atomic mass is 9.81. The van der Waals surface area contributed by atoms with Crippen LogP contribution >= 0.6 is 0 Å². The minimum absolute atomic E-state index is 0.0802. The molecule has 0 N–H and O–H groups in total. The molecule has 0 saturated heterocycles. The standard InChI is InChI=1S/C51H40N2/c1-50(2)44-21-13-12-20-39(44)40-27-24-38(32-47(40)50)53(36-18-9-6-10-19-36)37-25-28-45-43(31-37)41-26-23-35(30-46(41)51(45,3)4)49-42(33-15-7-5-8-16-33)29-34-17-11-14-22-48(34)52-49/h5-32H,1-4H3. The third kappa shape index (κ3) is 4.82. The van der Waals surface area contributed by atoms with Gasteiger partial charge in [0.15, 0.2) is 0 Å². The number of aromatic nitrogens is 1. The highest BCUT2D eigenvalue weighted by Crippen LogP contribution is 2.53. The topological polar surface area (TPSA) is 16.1 Å². The average molecular weight is 681 g/mol. The highest BCUT2D eigenvalue weighted by Gasteiger charge is 2.38. The minimum atomic E-state index is -0.177. The summed E-state index contributed by atoms with van der Waals surface area (Å²) in [5.41, 5.74) is 19.4. The fourth-order valence-electron chi connectivity index (χ4n) is 9.06. The molecular weight excluding hydrogens is 641 g/mol. The molecule has 53 heavy (non-hydrogen) atoms. The van der Waals surface area contributed by atoms with Gasteiger partial charge in [-0.2, -0.15) is 0 Å². The van der Waals surface area contributed by atoms with Gasteiger partial charge in [-0.1, -0.05) is 143 Å². The third-order valence-electron chi connectivity index (χ3n) is 11.8. The molecule has 2 nitrogen and oxygen atoms in total. The van der Waals surface area contributed by atoms with Crippen LogP contribution < -0.4 is 4.90 Å². The van der Waals surface area contributed by atoms with E-state index >= 15 is 0 Å². The number of para-hydroxylation sites is 2. The van der Waals surface area contributed by atoms with Crippen molar-refractivity contribution in [2.24, 2.45) is 0 Å². The summed E-state index contributed by atoms with van der Waals surface area (Å²) in [5, 5.41) is 1.15. The molecule has 0 atom stereocenters. The Morgan fingerprint density at radius 2 is 0.962 bits per heavy atom. The fourth-order valence-corrected chi connectivity index (χ4v) is 9.06. The molecule has 1 aromatic heterocycles. The van der Waals surface area contributed by atoms with Gasteiger partial charge >= 0.3 is 0 Å². The Hall–Kier alpha value is -6.25. The number of benzene rings is 7. The van der Waals surface area contributed by atoms with Gasteiger partial charge in [0.1, 0.15) is 0 Å². The molecule has 0 saturated carbocycles. The van der Waals surface area contributed by atoms with Gasteiger partial charge in [-0.25, -0.2) is 4.98 Å². The van der Waals surface area contributed by atoms with Gasteiger partial charge in [0, 0.05) is 44.4 Å². The molecule has 0 unspecified atom stereocenters. The number of hydrogen-bond acceptors (Lipinski definition) is 2. The number of fused-ring (bicyclic) bond motifs is 7. The van der Waals surface area contributed by atoms with E-state index < -0.39 is 0 Å². The number of hydrogen-bond donors (Lipinski definition) is 0. The zero-order valence-corrected chi connectivity index (χ0v) is 30.6. The van der Waals surface area contributed by atoms with E-state index in [2.05, 4.69) is 202 Å². The van der Waals surface area contributed by atoms with Gasteiger partial charge in [-0.15, -0.1) is 0 Å². The molecule has 0 radical (unpaired) electrons. The van der Waals surface area contributed by atoms with Crippen LogP contribution in [0.3, 0.4) is 0 Å². The lowest BCUT2D eigenvalue weighted by Gasteiger charge is -2.29. The molecule has 0 fully saturated rings. The number of pyridine rings is 1. The maximum absolute atomic E-state index is 5.29. The van der Waals surface area contributed by atoms with Crippen LogP contribution in [0.25, 0.3) is 55.5 Å². The molecule has 254 valence electrons. The first kappa shape index (κ1) is 31.5. The lowest BCUT2D eigenvalue weighted by Crippen LogP contribution is -2.17. The molecule has 7 aromatic carbocycles. The van der Waals surface area contributed by atoms with Crippen LogP contribution in [-0.2, 0) is 10.8 Å². The Kier molecular flexibility index (Phi) is 6.91. The molecule has 0 bridgehead atoms. The number of rotatable bonds is 5. The van der Waals surface area contributed by atoms with Crippen molar-refractivity contribution >= 4 is 28.0 Å². The van der Waals surface area contributed by atoms with Gasteiger partial charge in [0.25, 0.3) is 0 Å². The van der Waals surface area contributed by atoms with Crippen molar-refractivity contribution in [2.45, 2.75) is 38.5 Å². The molecule has 2 aliphatic carbocycles. The summed E-state index contributed by atoms with van der Waals surface area (Å²) in [6.07, 6.45) is 0. The monoisotopic (exact) mass is 680 g/mol. The second-order valence-electron chi connectivity index (χ2n) is 15.6. The van der Waals surface area contributed by atoms with Crippen molar-refractivity contribution in [3.05, 3.63) is 192 Å². The van der Waals surface area contributed by atoms with Crippen molar-refractivity contribution in [1.82, 2.24) is 4.98 Å². The van der Waals surface area contributed by atoms with Gasteiger partial charge < -0.3 is 4.90 Å². The second-order valence-corrected chi connectivity index (χ2v) is 15.6. The van der Waals surface area contributed by atoms with Crippen LogP contribution in [0.5, 0.6) is 0 Å². The summed E-state index contributed by atoms with van der Waals surface area (Å²) >= 11 is 0. The summed E-state index contributed by atoms with van der Waals surface area (Å²) in [7, 11) is 0. The zero-order chi connectivity index (χ0) is 35.9. The first-order valence-corrected chi connectivity index (χ1v) is 18.6. The minimum Gasteiger partial charge on any atom is -0.310 e. The molecule has 10 rings (SSSR count). The Balaban J connectivity index is 1.11. The lowest BCUT2D eigenvalue weighted by molar-refractivity contribution is 0.660. The van der Waals surface area contributed by atoms with E-state index in [0.717, 1.165) is 39.1 Å². The normalized spacial score (nSPS) is 14.3. The molecule has 0 amide bonds. The fraction of sp³-hybridized carbons (Fsp3) is 0.118. The molecule has 2 heteroatoms. The number of anilines is 3. The molecule has 0 aliphatic heterocycles. The second kappa shape index (κ2) is 11.6. The van der Waals surface area contributed by atoms with Gasteiger partial charge in [0.2, 0.25) is 0 Å². The van der Waals surface area contributed by atoms with Crippen LogP contribution in [0.4, 0.5) is 17.1 Å². The maximum atomic E-state index is 5.29. The smallest absolute Gasteiger partial charge is 0.0788 e. The van der Waals surface area contributed by atoms with Crippen molar-refractivity contribution in [3.63, 3.8) is 0 Å². The Morgan fingerprint density at radius 1 is 0.377 bits per heavy atom. The average Bonchev–Trinajstić information content (AvgIpc) is 3.57. The third-order valence-corrected chi connectivity index (χ3v) is 11.8. The first-order valence-electron chi connectivity index (χ1n) is 18.6. The van der Waals surface area contributed by atoms with E-state index in [-0.39, 0.29) is 10.8 Å². The quantitative estimate of drug-likeness (QED) is 0.180. The van der Waals surface area contributed by atoms with Gasteiger partial charge in [-0.3, -0.25) is 0 Å². The van der Waals surface area contributed by atoms with Gasteiger partial charge in [-0.05, 0) is 105 Å². The summed E-state index contributed by atoms with van der Waals surface area (Å²) in [4.78, 5) is 7.71. The molecule has 2 aliphatic rings. The van der Waals surface area contributed by atoms with E-state index in [4.69, 9.17) is 4.98 Å². The highest BCUT2D eigenvalue weighted by atomic mass is 15.1. The molecule has 0 spiro atoms.